The lowest BCUT2D eigenvalue weighted by Gasteiger charge is -2.27. The molecule has 150 valence electrons. The maximum atomic E-state index is 13.0. The number of anilines is 1. The first-order chi connectivity index (χ1) is 13.6. The number of likely N-dealkylation sites (tertiary alicyclic amines) is 1. The minimum atomic E-state index is -0.444. The summed E-state index contributed by atoms with van der Waals surface area (Å²) in [6.45, 7) is 6.99. The van der Waals surface area contributed by atoms with Gasteiger partial charge in [-0.3, -0.25) is 9.69 Å². The van der Waals surface area contributed by atoms with Crippen molar-refractivity contribution >= 4 is 11.6 Å². The Morgan fingerprint density at radius 1 is 1.11 bits per heavy atom. The van der Waals surface area contributed by atoms with Gasteiger partial charge in [0.05, 0.1) is 18.9 Å². The lowest BCUT2D eigenvalue weighted by atomic mass is 10.2. The highest BCUT2D eigenvalue weighted by Crippen LogP contribution is 2.20. The summed E-state index contributed by atoms with van der Waals surface area (Å²) in [5.41, 5.74) is 1.92. The van der Waals surface area contributed by atoms with Crippen molar-refractivity contribution < 1.29 is 9.18 Å². The second-order valence-electron chi connectivity index (χ2n) is 7.15. The second kappa shape index (κ2) is 9.59. The summed E-state index contributed by atoms with van der Waals surface area (Å²) < 4.78 is 13.0. The fraction of sp³-hybridized carbons (Fsp3) is 0.476. The number of carbonyl (C=O) groups is 1. The van der Waals surface area contributed by atoms with E-state index in [4.69, 9.17) is 0 Å². The predicted molar refractivity (Wildman–Crippen MR) is 109 cm³/mol. The molecule has 0 saturated carbocycles. The molecule has 0 spiro atoms. The molecule has 0 radical (unpaired) electrons. The van der Waals surface area contributed by atoms with Gasteiger partial charge in [-0.05, 0) is 57.1 Å². The Kier molecular flexibility index (Phi) is 6.92. The van der Waals surface area contributed by atoms with E-state index in [-0.39, 0.29) is 5.91 Å². The van der Waals surface area contributed by atoms with Crippen LogP contribution in [0.4, 0.5) is 10.1 Å². The van der Waals surface area contributed by atoms with Crippen molar-refractivity contribution in [2.24, 2.45) is 0 Å². The van der Waals surface area contributed by atoms with Crippen molar-refractivity contribution in [2.45, 2.75) is 19.8 Å². The molecule has 2 heterocycles. The molecule has 3 rings (SSSR count). The summed E-state index contributed by atoms with van der Waals surface area (Å²) in [4.78, 5) is 26.7. The first-order valence-electron chi connectivity index (χ1n) is 9.86. The van der Waals surface area contributed by atoms with Crippen molar-refractivity contribution in [1.82, 2.24) is 19.8 Å². The molecule has 0 atom stereocenters. The summed E-state index contributed by atoms with van der Waals surface area (Å²) >= 11 is 0. The molecular formula is C21H28FN5O. The predicted octanol–water partition coefficient (Wildman–Crippen LogP) is 2.66. The summed E-state index contributed by atoms with van der Waals surface area (Å²) in [7, 11) is 1.88. The molecule has 0 aliphatic carbocycles. The van der Waals surface area contributed by atoms with Crippen LogP contribution in [0.2, 0.25) is 0 Å². The fourth-order valence-corrected chi connectivity index (χ4v) is 3.40. The molecule has 7 heteroatoms. The van der Waals surface area contributed by atoms with E-state index < -0.39 is 5.82 Å². The average molecular weight is 385 g/mol. The molecule has 1 aromatic carbocycles. The minimum Gasteiger partial charge on any atom is -0.370 e. The van der Waals surface area contributed by atoms with Crippen molar-refractivity contribution in [2.75, 3.05) is 51.2 Å². The Balaban J connectivity index is 1.55. The fourth-order valence-electron chi connectivity index (χ4n) is 3.40. The number of rotatable bonds is 8. The Bertz CT molecular complexity index is 759. The molecule has 0 unspecified atom stereocenters. The van der Waals surface area contributed by atoms with Gasteiger partial charge in [-0.2, -0.15) is 0 Å². The number of likely N-dealkylation sites (N-methyl/N-ethyl adjacent to an activating group) is 2. The number of carbonyl (C=O) groups excluding carboxylic acids is 1. The van der Waals surface area contributed by atoms with Crippen molar-refractivity contribution in [1.29, 1.82) is 0 Å². The largest absolute Gasteiger partial charge is 0.370 e. The highest BCUT2D eigenvalue weighted by atomic mass is 19.1. The minimum absolute atomic E-state index is 0.182. The maximum Gasteiger partial charge on any atom is 0.236 e. The van der Waals surface area contributed by atoms with Crippen molar-refractivity contribution in [3.05, 3.63) is 42.5 Å². The Labute approximate surface area is 166 Å². The van der Waals surface area contributed by atoms with Gasteiger partial charge in [0.1, 0.15) is 0 Å². The van der Waals surface area contributed by atoms with Gasteiger partial charge in [0, 0.05) is 37.9 Å². The van der Waals surface area contributed by atoms with Crippen LogP contribution in [0.5, 0.6) is 0 Å². The van der Waals surface area contributed by atoms with Crippen molar-refractivity contribution in [3.8, 4) is 11.4 Å². The summed E-state index contributed by atoms with van der Waals surface area (Å²) in [6.07, 6.45) is 4.73. The van der Waals surface area contributed by atoms with E-state index in [1.54, 1.807) is 0 Å². The number of halogens is 1. The quantitative estimate of drug-likeness (QED) is 0.699. The van der Waals surface area contributed by atoms with E-state index >= 15 is 0 Å². The van der Waals surface area contributed by atoms with Crippen molar-refractivity contribution in [3.63, 3.8) is 0 Å². The topological polar surface area (TPSA) is 52.6 Å². The highest BCUT2D eigenvalue weighted by molar-refractivity contribution is 5.78. The third-order valence-corrected chi connectivity index (χ3v) is 5.18. The molecule has 1 saturated heterocycles. The molecular weight excluding hydrogens is 357 g/mol. The number of nitrogens with zero attached hydrogens (tertiary/aromatic N) is 5. The third-order valence-electron chi connectivity index (χ3n) is 5.18. The van der Waals surface area contributed by atoms with Crippen LogP contribution in [0.3, 0.4) is 0 Å². The van der Waals surface area contributed by atoms with Gasteiger partial charge < -0.3 is 9.80 Å². The summed E-state index contributed by atoms with van der Waals surface area (Å²) in [5, 5.41) is 0. The standard InChI is InChI=1S/C21H28FN5O/c1-3-27(13-12-25(2)20(28)16-26-10-4-5-11-26)19-8-6-17(7-9-19)21-23-14-18(22)15-24-21/h6-9,14-15H,3-5,10-13,16H2,1-2H3. The van der Waals surface area contributed by atoms with E-state index in [9.17, 15) is 9.18 Å². The molecule has 1 fully saturated rings. The van der Waals surface area contributed by atoms with Gasteiger partial charge >= 0.3 is 0 Å². The Morgan fingerprint density at radius 3 is 2.36 bits per heavy atom. The lowest BCUT2D eigenvalue weighted by molar-refractivity contribution is -0.130. The normalized spacial score (nSPS) is 14.2. The van der Waals surface area contributed by atoms with Gasteiger partial charge in [0.25, 0.3) is 0 Å². The molecule has 2 aromatic rings. The van der Waals surface area contributed by atoms with E-state index in [1.807, 2.05) is 36.2 Å². The molecule has 28 heavy (non-hydrogen) atoms. The maximum absolute atomic E-state index is 13.0. The first kappa shape index (κ1) is 20.2. The summed E-state index contributed by atoms with van der Waals surface area (Å²) in [6, 6.07) is 7.90. The van der Waals surface area contributed by atoms with E-state index in [0.29, 0.717) is 18.9 Å². The van der Waals surface area contributed by atoms with Crippen LogP contribution >= 0.6 is 0 Å². The van der Waals surface area contributed by atoms with Crippen LogP contribution in [0.25, 0.3) is 11.4 Å². The van der Waals surface area contributed by atoms with E-state index in [1.165, 1.54) is 25.2 Å². The SMILES string of the molecule is CCN(CCN(C)C(=O)CN1CCCC1)c1ccc(-c2ncc(F)cn2)cc1. The van der Waals surface area contributed by atoms with Gasteiger partial charge in [-0.25, -0.2) is 14.4 Å². The first-order valence-corrected chi connectivity index (χ1v) is 9.86. The third kappa shape index (κ3) is 5.25. The lowest BCUT2D eigenvalue weighted by Crippen LogP contribution is -2.41. The molecule has 1 aliphatic rings. The number of hydrogen-bond donors (Lipinski definition) is 0. The van der Waals surface area contributed by atoms with Gasteiger partial charge in [0.2, 0.25) is 5.91 Å². The van der Waals surface area contributed by atoms with Gasteiger partial charge in [0.15, 0.2) is 11.6 Å². The van der Waals surface area contributed by atoms with Crippen LogP contribution in [-0.2, 0) is 4.79 Å². The summed E-state index contributed by atoms with van der Waals surface area (Å²) in [5.74, 6) is 0.242. The number of hydrogen-bond acceptors (Lipinski definition) is 5. The van der Waals surface area contributed by atoms with Crippen LogP contribution < -0.4 is 4.90 Å². The number of aromatic nitrogens is 2. The van der Waals surface area contributed by atoms with Crippen LogP contribution in [0, 0.1) is 5.82 Å². The second-order valence-corrected chi connectivity index (χ2v) is 7.15. The number of benzene rings is 1. The molecule has 1 aliphatic heterocycles. The van der Waals surface area contributed by atoms with Crippen LogP contribution in [-0.4, -0.2) is 72.0 Å². The van der Waals surface area contributed by atoms with Crippen LogP contribution in [0.1, 0.15) is 19.8 Å². The zero-order chi connectivity index (χ0) is 19.9. The average Bonchev–Trinajstić information content (AvgIpc) is 3.22. The van der Waals surface area contributed by atoms with Crippen LogP contribution in [0.15, 0.2) is 36.7 Å². The van der Waals surface area contributed by atoms with Gasteiger partial charge in [-0.1, -0.05) is 0 Å². The zero-order valence-corrected chi connectivity index (χ0v) is 16.6. The number of amides is 1. The molecule has 6 nitrogen and oxygen atoms in total. The van der Waals surface area contributed by atoms with E-state index in [0.717, 1.165) is 37.4 Å². The molecule has 1 aromatic heterocycles. The molecule has 0 bridgehead atoms. The Hall–Kier alpha value is -2.54. The van der Waals surface area contributed by atoms with Gasteiger partial charge in [-0.15, -0.1) is 0 Å². The zero-order valence-electron chi connectivity index (χ0n) is 16.6. The molecule has 1 amide bonds. The monoisotopic (exact) mass is 385 g/mol. The Morgan fingerprint density at radius 2 is 1.75 bits per heavy atom. The highest BCUT2D eigenvalue weighted by Gasteiger charge is 2.18. The molecule has 0 N–H and O–H groups in total. The van der Waals surface area contributed by atoms with E-state index in [2.05, 4.69) is 26.7 Å². The smallest absolute Gasteiger partial charge is 0.236 e.